The highest BCUT2D eigenvalue weighted by Crippen LogP contribution is 2.35. The second-order valence-electron chi connectivity index (χ2n) is 7.62. The molecule has 5 nitrogen and oxygen atoms in total. The molecule has 156 valence electrons. The number of hydrogen-bond acceptors (Lipinski definition) is 5. The molecule has 31 heavy (non-hydrogen) atoms. The van der Waals surface area contributed by atoms with Gasteiger partial charge in [0.05, 0.1) is 16.8 Å². The number of thiazole rings is 1. The van der Waals surface area contributed by atoms with Crippen LogP contribution in [0.1, 0.15) is 16.7 Å². The first-order valence-corrected chi connectivity index (χ1v) is 11.0. The van der Waals surface area contributed by atoms with Gasteiger partial charge in [-0.15, -0.1) is 0 Å². The van der Waals surface area contributed by atoms with Gasteiger partial charge in [-0.2, -0.15) is 0 Å². The number of amides is 1. The third-order valence-electron chi connectivity index (χ3n) is 5.54. The van der Waals surface area contributed by atoms with Gasteiger partial charge in [0, 0.05) is 0 Å². The van der Waals surface area contributed by atoms with Crippen LogP contribution >= 0.6 is 11.3 Å². The number of anilines is 1. The van der Waals surface area contributed by atoms with E-state index in [0.717, 1.165) is 21.3 Å². The summed E-state index contributed by atoms with van der Waals surface area (Å²) in [5.41, 5.74) is 4.29. The van der Waals surface area contributed by atoms with Crippen molar-refractivity contribution in [2.45, 2.75) is 26.5 Å². The van der Waals surface area contributed by atoms with Gasteiger partial charge in [0.2, 0.25) is 6.10 Å². The van der Waals surface area contributed by atoms with Crippen molar-refractivity contribution < 1.29 is 14.3 Å². The van der Waals surface area contributed by atoms with E-state index in [1.54, 1.807) is 4.90 Å². The van der Waals surface area contributed by atoms with Gasteiger partial charge in [0.25, 0.3) is 5.91 Å². The van der Waals surface area contributed by atoms with Gasteiger partial charge in [-0.05, 0) is 48.7 Å². The minimum absolute atomic E-state index is 0.160. The Labute approximate surface area is 184 Å². The summed E-state index contributed by atoms with van der Waals surface area (Å²) in [5, 5.41) is 0.667. The van der Waals surface area contributed by atoms with Crippen molar-refractivity contribution in [2.75, 3.05) is 11.5 Å². The number of fused-ring (bicyclic) bond motifs is 2. The molecule has 0 saturated heterocycles. The maximum Gasteiger partial charge on any atom is 0.273 e. The van der Waals surface area contributed by atoms with Crippen molar-refractivity contribution >= 4 is 32.6 Å². The van der Waals surface area contributed by atoms with Crippen LogP contribution in [0.3, 0.4) is 0 Å². The summed E-state index contributed by atoms with van der Waals surface area (Å²) < 4.78 is 12.9. The van der Waals surface area contributed by atoms with Gasteiger partial charge >= 0.3 is 0 Å². The summed E-state index contributed by atoms with van der Waals surface area (Å²) >= 11 is 1.52. The zero-order valence-corrected chi connectivity index (χ0v) is 18.2. The summed E-state index contributed by atoms with van der Waals surface area (Å²) in [4.78, 5) is 20.2. The SMILES string of the molecule is Cc1ccc2sc(N(Cc3ccccc3)C(=O)C3COc4ccccc4O3)nc2c1C. The summed E-state index contributed by atoms with van der Waals surface area (Å²) in [6, 6.07) is 21.5. The number of carbonyl (C=O) groups excluding carboxylic acids is 1. The van der Waals surface area contributed by atoms with Gasteiger partial charge in [-0.25, -0.2) is 4.98 Å². The molecule has 3 aromatic carbocycles. The Hall–Kier alpha value is -3.38. The van der Waals surface area contributed by atoms with Crippen LogP contribution in [0.4, 0.5) is 5.13 Å². The van der Waals surface area contributed by atoms with E-state index in [0.29, 0.717) is 23.2 Å². The number of aryl methyl sites for hydroxylation is 2. The Morgan fingerprint density at radius 2 is 1.77 bits per heavy atom. The molecule has 0 spiro atoms. The minimum Gasteiger partial charge on any atom is -0.485 e. The van der Waals surface area contributed by atoms with Crippen LogP contribution in [-0.2, 0) is 11.3 Å². The van der Waals surface area contributed by atoms with Crippen molar-refractivity contribution in [3.05, 3.63) is 83.4 Å². The lowest BCUT2D eigenvalue weighted by Crippen LogP contribution is -2.46. The number of aromatic nitrogens is 1. The smallest absolute Gasteiger partial charge is 0.273 e. The van der Waals surface area contributed by atoms with Crippen LogP contribution in [0.5, 0.6) is 11.5 Å². The molecule has 1 amide bonds. The zero-order valence-electron chi connectivity index (χ0n) is 17.4. The van der Waals surface area contributed by atoms with Gasteiger partial charge in [-0.3, -0.25) is 9.69 Å². The number of carbonyl (C=O) groups is 1. The molecule has 1 aromatic heterocycles. The van der Waals surface area contributed by atoms with Gasteiger partial charge in [-0.1, -0.05) is 59.9 Å². The fraction of sp³-hybridized carbons (Fsp3) is 0.200. The minimum atomic E-state index is -0.728. The van der Waals surface area contributed by atoms with E-state index < -0.39 is 6.10 Å². The molecule has 0 radical (unpaired) electrons. The van der Waals surface area contributed by atoms with Crippen LogP contribution in [-0.4, -0.2) is 23.6 Å². The molecule has 0 bridgehead atoms. The average molecular weight is 431 g/mol. The molecule has 1 unspecified atom stereocenters. The summed E-state index contributed by atoms with van der Waals surface area (Å²) in [5.74, 6) is 1.08. The number of para-hydroxylation sites is 2. The van der Waals surface area contributed by atoms with Crippen LogP contribution in [0, 0.1) is 13.8 Å². The Balaban J connectivity index is 1.52. The average Bonchev–Trinajstić information content (AvgIpc) is 3.25. The third-order valence-corrected chi connectivity index (χ3v) is 6.58. The van der Waals surface area contributed by atoms with E-state index in [9.17, 15) is 4.79 Å². The molecular formula is C25H22N2O3S. The van der Waals surface area contributed by atoms with E-state index >= 15 is 0 Å². The molecule has 1 aliphatic rings. The monoisotopic (exact) mass is 430 g/mol. The first-order chi connectivity index (χ1) is 15.1. The normalized spacial score (nSPS) is 15.1. The maximum absolute atomic E-state index is 13.6. The number of benzene rings is 3. The number of ether oxygens (including phenoxy) is 2. The topological polar surface area (TPSA) is 51.7 Å². The van der Waals surface area contributed by atoms with Gasteiger partial charge in [0.1, 0.15) is 6.61 Å². The van der Waals surface area contributed by atoms with Crippen LogP contribution in [0.25, 0.3) is 10.2 Å². The van der Waals surface area contributed by atoms with Crippen LogP contribution in [0.15, 0.2) is 66.7 Å². The largest absolute Gasteiger partial charge is 0.485 e. The van der Waals surface area contributed by atoms with E-state index in [2.05, 4.69) is 26.0 Å². The lowest BCUT2D eigenvalue weighted by atomic mass is 10.1. The van der Waals surface area contributed by atoms with Crippen molar-refractivity contribution in [1.82, 2.24) is 4.98 Å². The van der Waals surface area contributed by atoms with E-state index in [4.69, 9.17) is 14.5 Å². The third kappa shape index (κ3) is 3.75. The molecule has 0 aliphatic carbocycles. The molecule has 6 heteroatoms. The standard InChI is InChI=1S/C25H22N2O3S/c1-16-12-13-22-23(17(16)2)26-25(31-22)27(14-18-8-4-3-5-9-18)24(28)21-15-29-19-10-6-7-11-20(19)30-21/h3-13,21H,14-15H2,1-2H3. The molecule has 0 N–H and O–H groups in total. The van der Waals surface area contributed by atoms with E-state index in [1.807, 2.05) is 54.6 Å². The van der Waals surface area contributed by atoms with Crippen molar-refractivity contribution in [3.63, 3.8) is 0 Å². The molecule has 0 fully saturated rings. The molecule has 2 heterocycles. The molecule has 1 aliphatic heterocycles. The summed E-state index contributed by atoms with van der Waals surface area (Å²) in [6.07, 6.45) is -0.728. The van der Waals surface area contributed by atoms with Gasteiger partial charge in [0.15, 0.2) is 16.6 Å². The highest BCUT2D eigenvalue weighted by molar-refractivity contribution is 7.22. The van der Waals surface area contributed by atoms with E-state index in [-0.39, 0.29) is 12.5 Å². The highest BCUT2D eigenvalue weighted by Gasteiger charge is 2.33. The highest BCUT2D eigenvalue weighted by atomic mass is 32.1. The van der Waals surface area contributed by atoms with Crippen molar-refractivity contribution in [3.8, 4) is 11.5 Å². The van der Waals surface area contributed by atoms with E-state index in [1.165, 1.54) is 16.9 Å². The predicted molar refractivity (Wildman–Crippen MR) is 123 cm³/mol. The Morgan fingerprint density at radius 3 is 2.58 bits per heavy atom. The second kappa shape index (κ2) is 8.04. The lowest BCUT2D eigenvalue weighted by molar-refractivity contribution is -0.127. The lowest BCUT2D eigenvalue weighted by Gasteiger charge is -2.29. The fourth-order valence-corrected chi connectivity index (χ4v) is 4.68. The quantitative estimate of drug-likeness (QED) is 0.442. The maximum atomic E-state index is 13.6. The summed E-state index contributed by atoms with van der Waals surface area (Å²) in [6.45, 7) is 4.73. The molecule has 5 rings (SSSR count). The fourth-order valence-electron chi connectivity index (χ4n) is 3.65. The first-order valence-electron chi connectivity index (χ1n) is 10.2. The van der Waals surface area contributed by atoms with Crippen molar-refractivity contribution in [2.24, 2.45) is 0 Å². The number of nitrogens with zero attached hydrogens (tertiary/aromatic N) is 2. The number of rotatable bonds is 4. The van der Waals surface area contributed by atoms with Crippen LogP contribution in [0.2, 0.25) is 0 Å². The Morgan fingerprint density at radius 1 is 1.03 bits per heavy atom. The molecule has 1 atom stereocenters. The van der Waals surface area contributed by atoms with Gasteiger partial charge < -0.3 is 9.47 Å². The second-order valence-corrected chi connectivity index (χ2v) is 8.63. The molecular weight excluding hydrogens is 408 g/mol. The van der Waals surface area contributed by atoms with Crippen molar-refractivity contribution in [1.29, 1.82) is 0 Å². The Bertz CT molecular complexity index is 1250. The first kappa shape index (κ1) is 19.6. The Kier molecular flexibility index (Phi) is 5.08. The predicted octanol–water partition coefficient (Wildman–Crippen LogP) is 5.29. The zero-order chi connectivity index (χ0) is 21.4. The molecule has 4 aromatic rings. The number of hydrogen-bond donors (Lipinski definition) is 0. The molecule has 0 saturated carbocycles. The summed E-state index contributed by atoms with van der Waals surface area (Å²) in [7, 11) is 0. The van der Waals surface area contributed by atoms with Crippen LogP contribution < -0.4 is 14.4 Å².